The number of pyridine rings is 1. The van der Waals surface area contributed by atoms with Crippen molar-refractivity contribution in [2.24, 2.45) is 5.92 Å². The number of rotatable bonds is 4. The lowest BCUT2D eigenvalue weighted by molar-refractivity contribution is -0.189. The van der Waals surface area contributed by atoms with Crippen LogP contribution in [-0.4, -0.2) is 43.5 Å². The Morgan fingerprint density at radius 1 is 0.973 bits per heavy atom. The fourth-order valence-corrected chi connectivity index (χ4v) is 6.32. The molecule has 0 spiro atoms. The smallest absolute Gasteiger partial charge is 0.170 e. The minimum absolute atomic E-state index is 0.149. The molecule has 186 valence electrons. The second-order valence-corrected chi connectivity index (χ2v) is 10.3. The molecule has 9 heteroatoms. The van der Waals surface area contributed by atoms with Gasteiger partial charge in [0.05, 0.1) is 47.0 Å². The van der Waals surface area contributed by atoms with Crippen molar-refractivity contribution >= 4 is 0 Å². The van der Waals surface area contributed by atoms with Crippen LogP contribution in [-0.2, 0) is 15.8 Å². The normalized spacial score (nSPS) is 25.1. The Bertz CT molecular complexity index is 1520. The summed E-state index contributed by atoms with van der Waals surface area (Å²) in [6, 6.07) is 11.5. The quantitative estimate of drug-likeness (QED) is 0.447. The Balaban J connectivity index is 1.28. The molecule has 0 amide bonds. The highest BCUT2D eigenvalue weighted by Gasteiger charge is 2.58. The van der Waals surface area contributed by atoms with E-state index in [1.807, 2.05) is 18.2 Å². The maximum Gasteiger partial charge on any atom is 0.170 e. The zero-order valence-electron chi connectivity index (χ0n) is 20.0. The summed E-state index contributed by atoms with van der Waals surface area (Å²) in [6.45, 7) is 2.57. The van der Waals surface area contributed by atoms with Crippen molar-refractivity contribution in [1.29, 1.82) is 0 Å². The van der Waals surface area contributed by atoms with Gasteiger partial charge in [0.25, 0.3) is 0 Å². The lowest BCUT2D eigenvalue weighted by Crippen LogP contribution is -2.47. The molecule has 3 atom stereocenters. The fraction of sp³-hybridized carbons (Fsp3) is 0.321. The summed E-state index contributed by atoms with van der Waals surface area (Å²) in [5, 5.41) is 19.3. The number of fused-ring (bicyclic) bond motifs is 5. The summed E-state index contributed by atoms with van der Waals surface area (Å²) < 4.78 is 34.0. The monoisotopic (exact) mass is 499 g/mol. The first-order valence-electron chi connectivity index (χ1n) is 12.3. The van der Waals surface area contributed by atoms with Crippen molar-refractivity contribution in [1.82, 2.24) is 25.1 Å². The molecule has 7 nitrogen and oxygen atoms in total. The predicted molar refractivity (Wildman–Crippen MR) is 129 cm³/mol. The number of aliphatic hydroxyl groups is 1. The van der Waals surface area contributed by atoms with E-state index >= 15 is 0 Å². The van der Waals surface area contributed by atoms with Crippen LogP contribution >= 0.6 is 0 Å². The molecule has 1 saturated heterocycles. The number of benzene rings is 1. The van der Waals surface area contributed by atoms with Crippen molar-refractivity contribution in [3.63, 3.8) is 0 Å². The first-order chi connectivity index (χ1) is 17.9. The number of hydrogen-bond donors (Lipinski definition) is 1. The molecule has 37 heavy (non-hydrogen) atoms. The van der Waals surface area contributed by atoms with E-state index in [0.29, 0.717) is 5.82 Å². The molecule has 1 N–H and O–H groups in total. The molecule has 7 rings (SSSR count). The average Bonchev–Trinajstić information content (AvgIpc) is 3.36. The number of ether oxygens (including phenoxy) is 1. The summed E-state index contributed by atoms with van der Waals surface area (Å²) in [4.78, 5) is 13.7. The zero-order chi connectivity index (χ0) is 25.4. The first-order valence-corrected chi connectivity index (χ1v) is 12.3. The lowest BCUT2D eigenvalue weighted by atomic mass is 9.75. The van der Waals surface area contributed by atoms with E-state index in [1.165, 1.54) is 18.2 Å². The van der Waals surface area contributed by atoms with Gasteiger partial charge in [0, 0.05) is 18.0 Å². The average molecular weight is 500 g/mol. The van der Waals surface area contributed by atoms with Crippen LogP contribution in [0.3, 0.4) is 0 Å². The van der Waals surface area contributed by atoms with Gasteiger partial charge in [-0.15, -0.1) is 5.10 Å². The Morgan fingerprint density at radius 2 is 1.70 bits per heavy atom. The third kappa shape index (κ3) is 3.13. The van der Waals surface area contributed by atoms with Crippen LogP contribution in [0.4, 0.5) is 8.78 Å². The van der Waals surface area contributed by atoms with Gasteiger partial charge in [-0.3, -0.25) is 4.98 Å². The molecule has 2 bridgehead atoms. The minimum atomic E-state index is -1.13. The summed E-state index contributed by atoms with van der Waals surface area (Å²) in [5.74, 6) is -0.560. The maximum absolute atomic E-state index is 14.5. The first kappa shape index (κ1) is 22.5. The SMILES string of the molecule is C[C@H]1[C@H]2CC[C@]1(c1cccc(-c3cnc(C4(O)COC4)nc3)n1)c1nnc(-c3c(F)cccc3F)cc12. The van der Waals surface area contributed by atoms with Gasteiger partial charge in [-0.05, 0) is 60.6 Å². The van der Waals surface area contributed by atoms with E-state index in [4.69, 9.17) is 9.72 Å². The van der Waals surface area contributed by atoms with Gasteiger partial charge in [0.1, 0.15) is 11.6 Å². The molecule has 0 unspecified atom stereocenters. The van der Waals surface area contributed by atoms with E-state index < -0.39 is 22.7 Å². The highest BCUT2D eigenvalue weighted by Crippen LogP contribution is 2.62. The minimum Gasteiger partial charge on any atom is -0.377 e. The van der Waals surface area contributed by atoms with Crippen molar-refractivity contribution < 1.29 is 18.6 Å². The molecular formula is C28H23F2N5O2. The maximum atomic E-state index is 14.5. The summed E-state index contributed by atoms with van der Waals surface area (Å²) >= 11 is 0. The Hall–Kier alpha value is -3.69. The van der Waals surface area contributed by atoms with Crippen LogP contribution in [0.25, 0.3) is 22.5 Å². The molecule has 2 aliphatic carbocycles. The van der Waals surface area contributed by atoms with Gasteiger partial charge >= 0.3 is 0 Å². The van der Waals surface area contributed by atoms with Gasteiger partial charge in [-0.2, -0.15) is 5.10 Å². The standard InChI is InChI=1S/C28H23F2N5O2/c1-15-17-8-9-28(15,25-18(17)10-22(34-35-25)24-19(29)4-2-5-20(24)30)23-7-3-6-21(33-23)16-11-31-26(32-12-16)27(36)13-37-14-27/h2-7,10-12,15,17,36H,8-9,13-14H2,1H3/t15-,17+,28-/m0/s1. The summed E-state index contributed by atoms with van der Waals surface area (Å²) in [6.07, 6.45) is 5.14. The van der Waals surface area contributed by atoms with Crippen molar-refractivity contribution in [2.45, 2.75) is 36.7 Å². The van der Waals surface area contributed by atoms with Gasteiger partial charge < -0.3 is 9.84 Å². The van der Waals surface area contributed by atoms with E-state index in [1.54, 1.807) is 18.5 Å². The Labute approximate surface area is 211 Å². The van der Waals surface area contributed by atoms with Gasteiger partial charge in [-0.1, -0.05) is 19.1 Å². The van der Waals surface area contributed by atoms with Crippen LogP contribution < -0.4 is 0 Å². The van der Waals surface area contributed by atoms with Crippen molar-refractivity contribution in [3.05, 3.63) is 89.3 Å². The van der Waals surface area contributed by atoms with Crippen LogP contribution in [0, 0.1) is 17.6 Å². The lowest BCUT2D eigenvalue weighted by Gasteiger charge is -2.34. The Morgan fingerprint density at radius 3 is 2.41 bits per heavy atom. The van der Waals surface area contributed by atoms with Crippen LogP contribution in [0.15, 0.2) is 54.9 Å². The van der Waals surface area contributed by atoms with Crippen molar-refractivity contribution in [3.8, 4) is 22.5 Å². The largest absolute Gasteiger partial charge is 0.377 e. The molecule has 1 aromatic carbocycles. The fourth-order valence-electron chi connectivity index (χ4n) is 6.32. The third-order valence-electron chi connectivity index (χ3n) is 8.35. The highest BCUT2D eigenvalue weighted by molar-refractivity contribution is 5.64. The van der Waals surface area contributed by atoms with E-state index in [2.05, 4.69) is 27.1 Å². The number of halogens is 2. The van der Waals surface area contributed by atoms with Crippen molar-refractivity contribution in [2.75, 3.05) is 13.2 Å². The number of nitrogens with zero attached hydrogens (tertiary/aromatic N) is 5. The van der Waals surface area contributed by atoms with Gasteiger partial charge in [0.15, 0.2) is 11.4 Å². The molecule has 4 aromatic rings. The molecule has 4 heterocycles. The highest BCUT2D eigenvalue weighted by atomic mass is 19.1. The van der Waals surface area contributed by atoms with Gasteiger partial charge in [-0.25, -0.2) is 18.7 Å². The van der Waals surface area contributed by atoms with Crippen LogP contribution in [0.1, 0.15) is 48.5 Å². The molecule has 1 saturated carbocycles. The molecule has 2 fully saturated rings. The van der Waals surface area contributed by atoms with E-state index in [0.717, 1.165) is 41.1 Å². The number of hydrogen-bond acceptors (Lipinski definition) is 7. The number of aromatic nitrogens is 5. The summed E-state index contributed by atoms with van der Waals surface area (Å²) in [5.41, 5.74) is 2.66. The van der Waals surface area contributed by atoms with Crippen LogP contribution in [0.5, 0.6) is 0 Å². The molecule has 3 aromatic heterocycles. The second-order valence-electron chi connectivity index (χ2n) is 10.3. The third-order valence-corrected chi connectivity index (χ3v) is 8.35. The summed E-state index contributed by atoms with van der Waals surface area (Å²) in [7, 11) is 0. The molecule has 0 radical (unpaired) electrons. The van der Waals surface area contributed by atoms with E-state index in [9.17, 15) is 13.9 Å². The van der Waals surface area contributed by atoms with Gasteiger partial charge in [0.2, 0.25) is 0 Å². The molecule has 1 aliphatic heterocycles. The van der Waals surface area contributed by atoms with Crippen LogP contribution in [0.2, 0.25) is 0 Å². The second kappa shape index (κ2) is 7.90. The Kier molecular flexibility index (Phi) is 4.81. The molecule has 3 aliphatic rings. The topological polar surface area (TPSA) is 93.9 Å². The molecular weight excluding hydrogens is 476 g/mol. The zero-order valence-corrected chi connectivity index (χ0v) is 20.0. The predicted octanol–water partition coefficient (Wildman–Crippen LogP) is 4.30. The van der Waals surface area contributed by atoms with E-state index in [-0.39, 0.29) is 36.3 Å².